The molecule has 52 heavy (non-hydrogen) atoms. The zero-order valence-electron chi connectivity index (χ0n) is 30.2. The molecule has 0 saturated carbocycles. The molecule has 4 aromatic rings. The number of hydrogen-bond acceptors (Lipinski definition) is 8. The Morgan fingerprint density at radius 3 is 1.15 bits per heavy atom. The fourth-order valence-corrected chi connectivity index (χ4v) is 9.71. The molecule has 4 heterocycles. The first-order chi connectivity index (χ1) is 25.4. The molecule has 6 nitrogen and oxygen atoms in total. The van der Waals surface area contributed by atoms with Crippen molar-refractivity contribution in [1.82, 2.24) is 9.80 Å². The van der Waals surface area contributed by atoms with E-state index in [2.05, 4.69) is 74.8 Å². The molecule has 10 heteroatoms. The van der Waals surface area contributed by atoms with Gasteiger partial charge in [-0.2, -0.15) is 0 Å². The summed E-state index contributed by atoms with van der Waals surface area (Å²) in [6, 6.07) is 17.6. The van der Waals surface area contributed by atoms with Crippen molar-refractivity contribution >= 4 is 57.2 Å². The van der Waals surface area contributed by atoms with E-state index in [0.717, 1.165) is 38.5 Å². The van der Waals surface area contributed by atoms with Gasteiger partial charge in [0.2, 0.25) is 11.8 Å². The van der Waals surface area contributed by atoms with Gasteiger partial charge >= 0.3 is 0 Å². The van der Waals surface area contributed by atoms with E-state index in [0.29, 0.717) is 65.4 Å². The number of hydrogen-bond donors (Lipinski definition) is 0. The normalized spacial score (nSPS) is 11.0. The molecule has 278 valence electrons. The number of thiophene rings is 4. The highest BCUT2D eigenvalue weighted by Gasteiger charge is 2.13. The maximum absolute atomic E-state index is 12.4. The number of carbonyl (C=O) groups excluding carboxylic acids is 2. The molecule has 4 rings (SSSR count). The van der Waals surface area contributed by atoms with E-state index in [1.807, 2.05) is 22.7 Å². The van der Waals surface area contributed by atoms with Crippen molar-refractivity contribution in [1.29, 1.82) is 0 Å². The van der Waals surface area contributed by atoms with Gasteiger partial charge in [-0.1, -0.05) is 37.1 Å². The topological polar surface area (TPSA) is 59.1 Å². The Morgan fingerprint density at radius 2 is 0.808 bits per heavy atom. The van der Waals surface area contributed by atoms with Gasteiger partial charge in [0.25, 0.3) is 0 Å². The molecular weight excluding hydrogens is 725 g/mol. The zero-order chi connectivity index (χ0) is 37.0. The molecule has 0 bridgehead atoms. The third-order valence-electron chi connectivity index (χ3n) is 8.21. The summed E-state index contributed by atoms with van der Waals surface area (Å²) in [4.78, 5) is 38.4. The van der Waals surface area contributed by atoms with Gasteiger partial charge in [0.15, 0.2) is 0 Å². The molecule has 0 saturated heterocycles. The molecular formula is C42H52N2O4S4. The Kier molecular flexibility index (Phi) is 18.6. The van der Waals surface area contributed by atoms with E-state index in [4.69, 9.17) is 9.47 Å². The van der Waals surface area contributed by atoms with Gasteiger partial charge in [0, 0.05) is 91.3 Å². The number of nitrogens with zero attached hydrogens (tertiary/aromatic N) is 2. The minimum absolute atomic E-state index is 0.156. The van der Waals surface area contributed by atoms with Crippen LogP contribution in [-0.4, -0.2) is 61.0 Å². The van der Waals surface area contributed by atoms with Gasteiger partial charge in [-0.15, -0.1) is 71.7 Å². The van der Waals surface area contributed by atoms with Crippen molar-refractivity contribution in [3.05, 3.63) is 109 Å². The van der Waals surface area contributed by atoms with Crippen molar-refractivity contribution in [3.8, 4) is 29.3 Å². The van der Waals surface area contributed by atoms with Crippen LogP contribution in [0, 0.1) is 0 Å². The van der Waals surface area contributed by atoms with Crippen LogP contribution in [0.4, 0.5) is 0 Å². The predicted octanol–water partition coefficient (Wildman–Crippen LogP) is 11.5. The summed E-state index contributed by atoms with van der Waals surface area (Å²) in [5, 5.41) is 0. The standard InChI is InChI=1S/C42H52N2O4S4/c1-5-25-43(26-6-2)41(45)15-11-9-13-29-47-31-33-17-19-35(49-33)37-21-23-39(51-37)40-24-22-38(52-40)36-20-18-34(50-36)32-48-30-14-10-12-16-42(46)44(27-7-3)28-8-4/h5-8,17-24H,1-4,9-16,25-32H2. The lowest BCUT2D eigenvalue weighted by Gasteiger charge is -2.19. The highest BCUT2D eigenvalue weighted by molar-refractivity contribution is 7.28. The third-order valence-corrected chi connectivity index (χ3v) is 13.1. The quantitative estimate of drug-likeness (QED) is 0.0447. The van der Waals surface area contributed by atoms with Crippen LogP contribution < -0.4 is 0 Å². The molecule has 0 aliphatic heterocycles. The second-order valence-electron chi connectivity index (χ2n) is 12.3. The Labute approximate surface area is 326 Å². The van der Waals surface area contributed by atoms with Gasteiger partial charge in [-0.25, -0.2) is 0 Å². The summed E-state index contributed by atoms with van der Waals surface area (Å²) in [6.45, 7) is 19.8. The van der Waals surface area contributed by atoms with Crippen LogP contribution in [0.3, 0.4) is 0 Å². The highest BCUT2D eigenvalue weighted by Crippen LogP contribution is 2.43. The number of unbranched alkanes of at least 4 members (excludes halogenated alkanes) is 4. The lowest BCUT2D eigenvalue weighted by Crippen LogP contribution is -2.31. The summed E-state index contributed by atoms with van der Waals surface area (Å²) >= 11 is 7.25. The maximum Gasteiger partial charge on any atom is 0.223 e. The van der Waals surface area contributed by atoms with Crippen LogP contribution in [0.25, 0.3) is 29.3 Å². The van der Waals surface area contributed by atoms with Crippen molar-refractivity contribution < 1.29 is 19.1 Å². The van der Waals surface area contributed by atoms with Gasteiger partial charge in [0.05, 0.1) is 13.2 Å². The molecule has 0 N–H and O–H groups in total. The van der Waals surface area contributed by atoms with Crippen LogP contribution >= 0.6 is 45.3 Å². The van der Waals surface area contributed by atoms with Crippen molar-refractivity contribution in [2.45, 2.75) is 64.6 Å². The van der Waals surface area contributed by atoms with Crippen LogP contribution in [-0.2, 0) is 32.3 Å². The Bertz CT molecular complexity index is 1570. The zero-order valence-corrected chi connectivity index (χ0v) is 33.5. The number of ether oxygens (including phenoxy) is 2. The average Bonchev–Trinajstić information content (AvgIpc) is 3.97. The Morgan fingerprint density at radius 1 is 0.481 bits per heavy atom. The molecule has 0 aromatic carbocycles. The fourth-order valence-electron chi connectivity index (χ4n) is 5.54. The van der Waals surface area contributed by atoms with E-state index in [9.17, 15) is 9.59 Å². The monoisotopic (exact) mass is 776 g/mol. The van der Waals surface area contributed by atoms with Crippen LogP contribution in [0.1, 0.15) is 61.1 Å². The largest absolute Gasteiger partial charge is 0.376 e. The summed E-state index contributed by atoms with van der Waals surface area (Å²) < 4.78 is 11.9. The highest BCUT2D eigenvalue weighted by atomic mass is 32.1. The molecule has 2 amide bonds. The minimum atomic E-state index is 0.156. The van der Waals surface area contributed by atoms with Crippen LogP contribution in [0.2, 0.25) is 0 Å². The van der Waals surface area contributed by atoms with Crippen LogP contribution in [0.15, 0.2) is 99.2 Å². The summed E-state index contributed by atoms with van der Waals surface area (Å²) in [5.74, 6) is 0.313. The fraction of sp³-hybridized carbons (Fsp3) is 0.381. The lowest BCUT2D eigenvalue weighted by molar-refractivity contribution is -0.131. The molecule has 0 fully saturated rings. The molecule has 0 aliphatic carbocycles. The van der Waals surface area contributed by atoms with E-state index < -0.39 is 0 Å². The summed E-state index contributed by atoms with van der Waals surface area (Å²) in [5.41, 5.74) is 0. The maximum atomic E-state index is 12.4. The van der Waals surface area contributed by atoms with Crippen LogP contribution in [0.5, 0.6) is 0 Å². The molecule has 0 unspecified atom stereocenters. The predicted molar refractivity (Wildman–Crippen MR) is 224 cm³/mol. The molecule has 0 aliphatic rings. The van der Waals surface area contributed by atoms with Gasteiger partial charge in [-0.05, 0) is 74.2 Å². The first kappa shape index (κ1) is 41.4. The first-order valence-corrected chi connectivity index (χ1v) is 21.2. The average molecular weight is 777 g/mol. The molecule has 0 radical (unpaired) electrons. The second-order valence-corrected chi connectivity index (χ2v) is 16.8. The SMILES string of the molecule is C=CCN(CC=C)C(=O)CCCCCOCc1ccc(-c2ccc(-c3ccc(-c4ccc(COCCCCCC(=O)N(CC=C)CC=C)s4)s3)s2)s1. The van der Waals surface area contributed by atoms with E-state index >= 15 is 0 Å². The first-order valence-electron chi connectivity index (χ1n) is 18.0. The molecule has 0 spiro atoms. The minimum Gasteiger partial charge on any atom is -0.376 e. The van der Waals surface area contributed by atoms with Crippen molar-refractivity contribution in [3.63, 3.8) is 0 Å². The summed E-state index contributed by atoms with van der Waals surface area (Å²) in [7, 11) is 0. The van der Waals surface area contributed by atoms with E-state index in [1.54, 1.807) is 56.8 Å². The van der Waals surface area contributed by atoms with Crippen molar-refractivity contribution in [2.24, 2.45) is 0 Å². The van der Waals surface area contributed by atoms with E-state index in [1.165, 1.54) is 39.0 Å². The Hall–Kier alpha value is -3.38. The lowest BCUT2D eigenvalue weighted by atomic mass is 10.2. The molecule has 4 aromatic heterocycles. The number of amides is 2. The smallest absolute Gasteiger partial charge is 0.223 e. The van der Waals surface area contributed by atoms with Crippen molar-refractivity contribution in [2.75, 3.05) is 39.4 Å². The summed E-state index contributed by atoms with van der Waals surface area (Å²) in [6.07, 6.45) is 13.7. The second kappa shape index (κ2) is 23.3. The number of carbonyl (C=O) groups is 2. The number of rotatable bonds is 27. The Balaban J connectivity index is 1.13. The van der Waals surface area contributed by atoms with E-state index in [-0.39, 0.29) is 11.8 Å². The molecule has 0 atom stereocenters. The van der Waals surface area contributed by atoms with Gasteiger partial charge in [0.1, 0.15) is 0 Å². The van der Waals surface area contributed by atoms with Gasteiger partial charge in [-0.3, -0.25) is 9.59 Å². The third kappa shape index (κ3) is 13.5. The van der Waals surface area contributed by atoms with Gasteiger partial charge < -0.3 is 19.3 Å².